The predicted molar refractivity (Wildman–Crippen MR) is 114 cm³/mol. The minimum absolute atomic E-state index is 0.343. The molecule has 1 saturated heterocycles. The third kappa shape index (κ3) is 5.10. The van der Waals surface area contributed by atoms with E-state index in [1.54, 1.807) is 0 Å². The number of aromatic nitrogens is 2. The number of nitrogens with zero attached hydrogens (tertiary/aromatic N) is 4. The molecule has 1 aliphatic heterocycles. The molecule has 1 aromatic heterocycles. The van der Waals surface area contributed by atoms with E-state index >= 15 is 0 Å². The molecule has 150 valence electrons. The Labute approximate surface area is 171 Å². The Morgan fingerprint density at radius 1 is 1.04 bits per heavy atom. The first-order chi connectivity index (χ1) is 13.8. The molecule has 1 aromatic carbocycles. The number of carbonyl (C=O) groups is 1. The zero-order chi connectivity index (χ0) is 19.2. The third-order valence-electron chi connectivity index (χ3n) is 6.02. The van der Waals surface area contributed by atoms with Gasteiger partial charge in [0.05, 0.1) is 0 Å². The molecule has 0 spiro atoms. The molecular formula is C22H30N4OS. The molecule has 0 bridgehead atoms. The molecule has 28 heavy (non-hydrogen) atoms. The van der Waals surface area contributed by atoms with Crippen LogP contribution in [0.1, 0.15) is 56.3 Å². The molecule has 1 aliphatic carbocycles. The number of amides is 1. The van der Waals surface area contributed by atoms with Gasteiger partial charge in [0.1, 0.15) is 5.82 Å². The molecule has 2 aromatic rings. The van der Waals surface area contributed by atoms with Gasteiger partial charge in [0.15, 0.2) is 0 Å². The summed E-state index contributed by atoms with van der Waals surface area (Å²) in [5, 5.41) is 0.992. The van der Waals surface area contributed by atoms with Gasteiger partial charge in [-0.3, -0.25) is 4.79 Å². The summed E-state index contributed by atoms with van der Waals surface area (Å²) < 4.78 is 4.55. The average molecular weight is 399 g/mol. The highest BCUT2D eigenvalue weighted by molar-refractivity contribution is 7.09. The SMILES string of the molecule is O=C(CCC1CCCC1)N1CCCN(c2nc(Cc3ccccc3)ns2)CC1. The summed E-state index contributed by atoms with van der Waals surface area (Å²) in [5.74, 6) is 2.02. The van der Waals surface area contributed by atoms with E-state index < -0.39 is 0 Å². The summed E-state index contributed by atoms with van der Waals surface area (Å²) >= 11 is 1.48. The lowest BCUT2D eigenvalue weighted by molar-refractivity contribution is -0.131. The molecular weight excluding hydrogens is 368 g/mol. The molecule has 0 unspecified atom stereocenters. The third-order valence-corrected chi connectivity index (χ3v) is 6.84. The van der Waals surface area contributed by atoms with Crippen molar-refractivity contribution < 1.29 is 4.79 Å². The molecule has 0 N–H and O–H groups in total. The first-order valence-corrected chi connectivity index (χ1v) is 11.4. The van der Waals surface area contributed by atoms with Crippen LogP contribution >= 0.6 is 11.5 Å². The van der Waals surface area contributed by atoms with Gasteiger partial charge >= 0.3 is 0 Å². The Hall–Kier alpha value is -1.95. The van der Waals surface area contributed by atoms with E-state index in [1.807, 2.05) is 6.07 Å². The summed E-state index contributed by atoms with van der Waals surface area (Å²) in [5.41, 5.74) is 1.24. The van der Waals surface area contributed by atoms with Crippen molar-refractivity contribution in [3.8, 4) is 0 Å². The van der Waals surface area contributed by atoms with Crippen LogP contribution in [0.2, 0.25) is 0 Å². The maximum absolute atomic E-state index is 12.6. The van der Waals surface area contributed by atoms with Gasteiger partial charge in [-0.15, -0.1) is 0 Å². The lowest BCUT2D eigenvalue weighted by atomic mass is 10.0. The van der Waals surface area contributed by atoms with Gasteiger partial charge in [0.2, 0.25) is 11.0 Å². The fourth-order valence-corrected chi connectivity index (χ4v) is 5.10. The quantitative estimate of drug-likeness (QED) is 0.734. The van der Waals surface area contributed by atoms with Crippen LogP contribution in [0.5, 0.6) is 0 Å². The van der Waals surface area contributed by atoms with Crippen LogP contribution < -0.4 is 4.90 Å². The van der Waals surface area contributed by atoms with Crippen molar-refractivity contribution in [1.29, 1.82) is 0 Å². The van der Waals surface area contributed by atoms with Gasteiger partial charge in [0, 0.05) is 50.6 Å². The number of rotatable bonds is 6. The average Bonchev–Trinajstić information content (AvgIpc) is 3.34. The summed E-state index contributed by atoms with van der Waals surface area (Å²) in [6, 6.07) is 10.4. The normalized spacial score (nSPS) is 18.4. The fraction of sp³-hybridized carbons (Fsp3) is 0.591. The smallest absolute Gasteiger partial charge is 0.222 e. The number of carbonyl (C=O) groups excluding carboxylic acids is 1. The maximum atomic E-state index is 12.6. The highest BCUT2D eigenvalue weighted by Gasteiger charge is 2.23. The van der Waals surface area contributed by atoms with Crippen LogP contribution in [0.3, 0.4) is 0 Å². The minimum atomic E-state index is 0.343. The molecule has 5 nitrogen and oxygen atoms in total. The molecule has 1 amide bonds. The molecule has 2 fully saturated rings. The summed E-state index contributed by atoms with van der Waals surface area (Å²) in [6.45, 7) is 3.48. The topological polar surface area (TPSA) is 49.3 Å². The Kier molecular flexibility index (Phi) is 6.57. The number of anilines is 1. The summed E-state index contributed by atoms with van der Waals surface area (Å²) in [6.07, 6.45) is 8.94. The van der Waals surface area contributed by atoms with E-state index in [0.29, 0.717) is 5.91 Å². The van der Waals surface area contributed by atoms with Crippen LogP contribution in [-0.2, 0) is 11.2 Å². The van der Waals surface area contributed by atoms with E-state index in [0.717, 1.165) is 68.7 Å². The standard InChI is InChI=1S/C22H30N4OS/c27-21(12-11-18-7-4-5-8-18)25-13-6-14-26(16-15-25)22-23-20(24-28-22)17-19-9-2-1-3-10-19/h1-3,9-10,18H,4-8,11-17H2. The summed E-state index contributed by atoms with van der Waals surface area (Å²) in [7, 11) is 0. The second kappa shape index (κ2) is 9.50. The largest absolute Gasteiger partial charge is 0.345 e. The Balaban J connectivity index is 1.28. The van der Waals surface area contributed by atoms with Gasteiger partial charge in [-0.25, -0.2) is 4.98 Å². The van der Waals surface area contributed by atoms with E-state index in [9.17, 15) is 4.79 Å². The van der Waals surface area contributed by atoms with Crippen LogP contribution in [-0.4, -0.2) is 46.3 Å². The second-order valence-electron chi connectivity index (χ2n) is 8.07. The van der Waals surface area contributed by atoms with Crippen molar-refractivity contribution >= 4 is 22.6 Å². The number of hydrogen-bond donors (Lipinski definition) is 0. The van der Waals surface area contributed by atoms with Gasteiger partial charge in [-0.05, 0) is 24.3 Å². The van der Waals surface area contributed by atoms with Crippen LogP contribution in [0, 0.1) is 5.92 Å². The van der Waals surface area contributed by atoms with Crippen molar-refractivity contribution in [3.05, 3.63) is 41.7 Å². The Morgan fingerprint density at radius 2 is 1.86 bits per heavy atom. The molecule has 6 heteroatoms. The van der Waals surface area contributed by atoms with E-state index in [1.165, 1.54) is 42.8 Å². The van der Waals surface area contributed by atoms with Crippen molar-refractivity contribution in [2.24, 2.45) is 5.92 Å². The molecule has 0 radical (unpaired) electrons. The highest BCUT2D eigenvalue weighted by atomic mass is 32.1. The minimum Gasteiger partial charge on any atom is -0.345 e. The van der Waals surface area contributed by atoms with Crippen molar-refractivity contribution in [1.82, 2.24) is 14.3 Å². The predicted octanol–water partition coefficient (Wildman–Crippen LogP) is 4.14. The van der Waals surface area contributed by atoms with Crippen molar-refractivity contribution in [3.63, 3.8) is 0 Å². The zero-order valence-corrected chi connectivity index (χ0v) is 17.4. The zero-order valence-electron chi connectivity index (χ0n) is 16.6. The lowest BCUT2D eigenvalue weighted by Crippen LogP contribution is -2.35. The van der Waals surface area contributed by atoms with Crippen LogP contribution in [0.25, 0.3) is 0 Å². The second-order valence-corrected chi connectivity index (χ2v) is 8.80. The maximum Gasteiger partial charge on any atom is 0.222 e. The molecule has 0 atom stereocenters. The molecule has 2 heterocycles. The van der Waals surface area contributed by atoms with E-state index in [2.05, 4.69) is 38.4 Å². The first kappa shape index (κ1) is 19.4. The van der Waals surface area contributed by atoms with Crippen LogP contribution in [0.4, 0.5) is 5.13 Å². The first-order valence-electron chi connectivity index (χ1n) is 10.7. The Bertz CT molecular complexity index is 757. The van der Waals surface area contributed by atoms with Gasteiger partial charge < -0.3 is 9.80 Å². The summed E-state index contributed by atoms with van der Waals surface area (Å²) in [4.78, 5) is 21.8. The van der Waals surface area contributed by atoms with Gasteiger partial charge in [-0.1, -0.05) is 56.0 Å². The van der Waals surface area contributed by atoms with E-state index in [4.69, 9.17) is 4.98 Å². The van der Waals surface area contributed by atoms with Gasteiger partial charge in [0.25, 0.3) is 0 Å². The number of benzene rings is 1. The number of hydrogen-bond acceptors (Lipinski definition) is 5. The van der Waals surface area contributed by atoms with E-state index in [-0.39, 0.29) is 0 Å². The fourth-order valence-electron chi connectivity index (χ4n) is 4.37. The van der Waals surface area contributed by atoms with Crippen molar-refractivity contribution in [2.75, 3.05) is 31.1 Å². The van der Waals surface area contributed by atoms with Crippen LogP contribution in [0.15, 0.2) is 30.3 Å². The molecule has 4 rings (SSSR count). The molecule has 1 saturated carbocycles. The van der Waals surface area contributed by atoms with Gasteiger partial charge in [-0.2, -0.15) is 4.37 Å². The molecule has 2 aliphatic rings. The monoisotopic (exact) mass is 398 g/mol. The Morgan fingerprint density at radius 3 is 2.68 bits per heavy atom. The highest BCUT2D eigenvalue weighted by Crippen LogP contribution is 2.29. The van der Waals surface area contributed by atoms with Crippen molar-refractivity contribution in [2.45, 2.75) is 51.4 Å². The lowest BCUT2D eigenvalue weighted by Gasteiger charge is -2.22.